The van der Waals surface area contributed by atoms with E-state index in [1.54, 1.807) is 0 Å². The second-order valence-electron chi connectivity index (χ2n) is 4.50. The third kappa shape index (κ3) is 6.37. The third-order valence-corrected chi connectivity index (χ3v) is 3.46. The zero-order valence-electron chi connectivity index (χ0n) is 9.53. The van der Waals surface area contributed by atoms with Gasteiger partial charge in [-0.3, -0.25) is 0 Å². The van der Waals surface area contributed by atoms with Gasteiger partial charge in [0.05, 0.1) is 0 Å². The SMILES string of the molecule is CCCCCCC(C)(CCl)CCC. The van der Waals surface area contributed by atoms with E-state index in [2.05, 4.69) is 20.8 Å². The Hall–Kier alpha value is 0.290. The summed E-state index contributed by atoms with van der Waals surface area (Å²) in [5.41, 5.74) is 0.407. The number of hydrogen-bond donors (Lipinski definition) is 0. The molecule has 0 nitrogen and oxygen atoms in total. The van der Waals surface area contributed by atoms with Gasteiger partial charge in [0.25, 0.3) is 0 Å². The fraction of sp³-hybridized carbons (Fsp3) is 1.00. The van der Waals surface area contributed by atoms with Crippen LogP contribution < -0.4 is 0 Å². The van der Waals surface area contributed by atoms with Crippen LogP contribution in [-0.2, 0) is 0 Å². The Morgan fingerprint density at radius 3 is 2.08 bits per heavy atom. The maximum absolute atomic E-state index is 6.00. The molecule has 0 heterocycles. The van der Waals surface area contributed by atoms with Gasteiger partial charge in [-0.05, 0) is 18.3 Å². The number of alkyl halides is 1. The molecule has 1 atom stereocenters. The molecule has 0 radical (unpaired) electrons. The fourth-order valence-corrected chi connectivity index (χ4v) is 2.11. The molecule has 1 heteroatoms. The molecular formula is C12H25Cl. The largest absolute Gasteiger partial charge is 0.126 e. The monoisotopic (exact) mass is 204 g/mol. The Labute approximate surface area is 89.1 Å². The van der Waals surface area contributed by atoms with Crippen LogP contribution in [0, 0.1) is 5.41 Å². The maximum atomic E-state index is 6.00. The molecule has 1 unspecified atom stereocenters. The van der Waals surface area contributed by atoms with Crippen LogP contribution in [-0.4, -0.2) is 5.88 Å². The quantitative estimate of drug-likeness (QED) is 0.386. The van der Waals surface area contributed by atoms with E-state index in [0.717, 1.165) is 5.88 Å². The molecule has 0 aliphatic carbocycles. The molecule has 0 bridgehead atoms. The summed E-state index contributed by atoms with van der Waals surface area (Å²) in [6, 6.07) is 0. The Morgan fingerprint density at radius 1 is 0.923 bits per heavy atom. The molecule has 0 aliphatic heterocycles. The van der Waals surface area contributed by atoms with E-state index in [0.29, 0.717) is 5.41 Å². The Balaban J connectivity index is 3.57. The summed E-state index contributed by atoms with van der Waals surface area (Å²) in [6.45, 7) is 6.83. The van der Waals surface area contributed by atoms with E-state index in [4.69, 9.17) is 11.6 Å². The summed E-state index contributed by atoms with van der Waals surface area (Å²) < 4.78 is 0. The van der Waals surface area contributed by atoms with Crippen LogP contribution in [0.1, 0.15) is 65.7 Å². The van der Waals surface area contributed by atoms with Crippen molar-refractivity contribution in [3.63, 3.8) is 0 Å². The summed E-state index contributed by atoms with van der Waals surface area (Å²) in [4.78, 5) is 0. The Kier molecular flexibility index (Phi) is 7.84. The number of hydrogen-bond acceptors (Lipinski definition) is 0. The van der Waals surface area contributed by atoms with Crippen molar-refractivity contribution in [2.45, 2.75) is 65.7 Å². The van der Waals surface area contributed by atoms with E-state index >= 15 is 0 Å². The molecule has 0 aromatic heterocycles. The van der Waals surface area contributed by atoms with Gasteiger partial charge in [0, 0.05) is 5.88 Å². The first-order valence-corrected chi connectivity index (χ1v) is 6.28. The molecule has 0 spiro atoms. The van der Waals surface area contributed by atoms with Gasteiger partial charge in [-0.15, -0.1) is 11.6 Å². The number of halogens is 1. The van der Waals surface area contributed by atoms with Crippen molar-refractivity contribution in [1.29, 1.82) is 0 Å². The second kappa shape index (κ2) is 7.67. The first-order valence-electron chi connectivity index (χ1n) is 5.74. The van der Waals surface area contributed by atoms with Crippen molar-refractivity contribution in [2.24, 2.45) is 5.41 Å². The smallest absolute Gasteiger partial charge is 0.0277 e. The first kappa shape index (κ1) is 13.3. The maximum Gasteiger partial charge on any atom is 0.0277 e. The summed E-state index contributed by atoms with van der Waals surface area (Å²) in [6.07, 6.45) is 9.30. The Morgan fingerprint density at radius 2 is 1.62 bits per heavy atom. The van der Waals surface area contributed by atoms with Crippen LogP contribution in [0.15, 0.2) is 0 Å². The van der Waals surface area contributed by atoms with Gasteiger partial charge in [-0.2, -0.15) is 0 Å². The lowest BCUT2D eigenvalue weighted by Crippen LogP contribution is -2.18. The van der Waals surface area contributed by atoms with Crippen molar-refractivity contribution in [3.8, 4) is 0 Å². The summed E-state index contributed by atoms with van der Waals surface area (Å²) in [5, 5.41) is 0. The molecule has 0 fully saturated rings. The minimum atomic E-state index is 0.407. The van der Waals surface area contributed by atoms with Gasteiger partial charge >= 0.3 is 0 Å². The van der Waals surface area contributed by atoms with Crippen molar-refractivity contribution in [2.75, 3.05) is 5.88 Å². The standard InChI is InChI=1S/C12H25Cl/c1-4-6-7-8-10-12(3,11-13)9-5-2/h4-11H2,1-3H3. The van der Waals surface area contributed by atoms with Crippen LogP contribution >= 0.6 is 11.6 Å². The average Bonchev–Trinajstić information content (AvgIpc) is 2.13. The van der Waals surface area contributed by atoms with Gasteiger partial charge in [0.2, 0.25) is 0 Å². The Bertz CT molecular complexity index is 112. The molecule has 0 N–H and O–H groups in total. The summed E-state index contributed by atoms with van der Waals surface area (Å²) in [7, 11) is 0. The fourth-order valence-electron chi connectivity index (χ4n) is 1.84. The van der Waals surface area contributed by atoms with E-state index in [9.17, 15) is 0 Å². The highest BCUT2D eigenvalue weighted by molar-refractivity contribution is 6.18. The molecule has 13 heavy (non-hydrogen) atoms. The van der Waals surface area contributed by atoms with E-state index in [1.165, 1.54) is 44.9 Å². The van der Waals surface area contributed by atoms with Crippen LogP contribution in [0.25, 0.3) is 0 Å². The van der Waals surface area contributed by atoms with Gasteiger partial charge in [0.15, 0.2) is 0 Å². The lowest BCUT2D eigenvalue weighted by molar-refractivity contribution is 0.297. The minimum Gasteiger partial charge on any atom is -0.126 e. The normalized spacial score (nSPS) is 15.7. The number of unbranched alkanes of at least 4 members (excludes halogenated alkanes) is 3. The molecule has 0 rings (SSSR count). The van der Waals surface area contributed by atoms with Crippen LogP contribution in [0.4, 0.5) is 0 Å². The highest BCUT2D eigenvalue weighted by Gasteiger charge is 2.20. The predicted molar refractivity (Wildman–Crippen MR) is 62.5 cm³/mol. The molecule has 80 valence electrons. The van der Waals surface area contributed by atoms with Crippen LogP contribution in [0.3, 0.4) is 0 Å². The van der Waals surface area contributed by atoms with Gasteiger partial charge in [-0.1, -0.05) is 52.9 Å². The molecule has 0 aromatic rings. The molecular weight excluding hydrogens is 180 g/mol. The van der Waals surface area contributed by atoms with E-state index < -0.39 is 0 Å². The highest BCUT2D eigenvalue weighted by Crippen LogP contribution is 2.31. The molecule has 0 saturated carbocycles. The van der Waals surface area contributed by atoms with Gasteiger partial charge < -0.3 is 0 Å². The summed E-state index contributed by atoms with van der Waals surface area (Å²) >= 11 is 6.00. The van der Waals surface area contributed by atoms with Crippen molar-refractivity contribution >= 4 is 11.6 Å². The topological polar surface area (TPSA) is 0 Å². The van der Waals surface area contributed by atoms with E-state index in [1.807, 2.05) is 0 Å². The second-order valence-corrected chi connectivity index (χ2v) is 4.77. The van der Waals surface area contributed by atoms with E-state index in [-0.39, 0.29) is 0 Å². The first-order chi connectivity index (χ1) is 6.18. The van der Waals surface area contributed by atoms with Crippen LogP contribution in [0.2, 0.25) is 0 Å². The molecule has 0 aromatic carbocycles. The highest BCUT2D eigenvalue weighted by atomic mass is 35.5. The van der Waals surface area contributed by atoms with Crippen LogP contribution in [0.5, 0.6) is 0 Å². The number of rotatable bonds is 8. The average molecular weight is 205 g/mol. The lowest BCUT2D eigenvalue weighted by atomic mass is 9.82. The van der Waals surface area contributed by atoms with Crippen molar-refractivity contribution < 1.29 is 0 Å². The van der Waals surface area contributed by atoms with Crippen molar-refractivity contribution in [3.05, 3.63) is 0 Å². The molecule has 0 amide bonds. The van der Waals surface area contributed by atoms with Gasteiger partial charge in [-0.25, -0.2) is 0 Å². The zero-order valence-corrected chi connectivity index (χ0v) is 10.3. The summed E-state index contributed by atoms with van der Waals surface area (Å²) in [5.74, 6) is 0.826. The minimum absolute atomic E-state index is 0.407. The van der Waals surface area contributed by atoms with Crippen molar-refractivity contribution in [1.82, 2.24) is 0 Å². The van der Waals surface area contributed by atoms with Gasteiger partial charge in [0.1, 0.15) is 0 Å². The predicted octanol–water partition coefficient (Wildman–Crippen LogP) is 5.00. The zero-order chi connectivity index (χ0) is 10.2. The molecule has 0 aliphatic rings. The lowest BCUT2D eigenvalue weighted by Gasteiger charge is -2.26. The third-order valence-electron chi connectivity index (χ3n) is 2.81. The molecule has 0 saturated heterocycles.